The monoisotopic (exact) mass is 561 g/mol. The molecule has 13 heteroatoms. The molecular weight excluding hydrogens is 532 g/mol. The summed E-state index contributed by atoms with van der Waals surface area (Å²) in [6, 6.07) is 7.62. The third kappa shape index (κ3) is 5.69. The van der Waals surface area contributed by atoms with E-state index in [1.165, 1.54) is 17.6 Å². The lowest BCUT2D eigenvalue weighted by Crippen LogP contribution is -2.49. The Hall–Kier alpha value is -3.71. The Labute approximate surface area is 224 Å². The van der Waals surface area contributed by atoms with E-state index in [0.717, 1.165) is 36.1 Å². The fourth-order valence-electron chi connectivity index (χ4n) is 4.62. The molecule has 2 aliphatic rings. The first kappa shape index (κ1) is 26.9. The molecular formula is C26H29F2N5O5S. The van der Waals surface area contributed by atoms with Gasteiger partial charge in [0.2, 0.25) is 15.8 Å². The van der Waals surface area contributed by atoms with Crippen molar-refractivity contribution in [2.24, 2.45) is 0 Å². The van der Waals surface area contributed by atoms with Gasteiger partial charge in [0.15, 0.2) is 0 Å². The average Bonchev–Trinajstić information content (AvgIpc) is 2.87. The summed E-state index contributed by atoms with van der Waals surface area (Å²) in [5.74, 6) is -1.43. The predicted octanol–water partition coefficient (Wildman–Crippen LogP) is 2.68. The van der Waals surface area contributed by atoms with Crippen molar-refractivity contribution in [1.29, 1.82) is 0 Å². The molecule has 2 aromatic carbocycles. The maximum absolute atomic E-state index is 13.8. The van der Waals surface area contributed by atoms with Crippen LogP contribution in [0.5, 0.6) is 11.5 Å². The number of anilines is 2. The van der Waals surface area contributed by atoms with Crippen molar-refractivity contribution in [2.45, 2.75) is 31.1 Å². The maximum atomic E-state index is 13.8. The van der Waals surface area contributed by atoms with E-state index < -0.39 is 27.2 Å². The van der Waals surface area contributed by atoms with Gasteiger partial charge in [0.05, 0.1) is 36.5 Å². The largest absolute Gasteiger partial charge is 0.495 e. The van der Waals surface area contributed by atoms with E-state index in [1.807, 2.05) is 4.90 Å². The molecule has 1 aromatic heterocycles. The van der Waals surface area contributed by atoms with Crippen LogP contribution in [0.15, 0.2) is 47.4 Å². The highest BCUT2D eigenvalue weighted by Crippen LogP contribution is 2.31. The molecule has 5 rings (SSSR count). The van der Waals surface area contributed by atoms with Crippen LogP contribution in [0.25, 0.3) is 5.69 Å². The molecule has 2 heterocycles. The number of piperazine rings is 1. The third-order valence-electron chi connectivity index (χ3n) is 6.96. The maximum Gasteiger partial charge on any atom is 0.316 e. The van der Waals surface area contributed by atoms with Crippen molar-refractivity contribution < 1.29 is 26.7 Å². The molecule has 0 radical (unpaired) electrons. The molecule has 39 heavy (non-hydrogen) atoms. The standard InChI is InChI=1S/C26H29F2N5O5S/c1-37-24-11-17(5-6-22(24)29)16-39(35,36)32-9-7-31(8-10-32)23-15-30-33(20-13-18(27)12-19(28)14-20)26(34)25(23)38-21-3-2-4-21/h5-6,11-15,21H,2-4,7-10,16,29H2,1H3. The molecule has 1 saturated carbocycles. The number of methoxy groups -OCH3 is 1. The summed E-state index contributed by atoms with van der Waals surface area (Å²) in [4.78, 5) is 15.3. The zero-order valence-electron chi connectivity index (χ0n) is 21.3. The summed E-state index contributed by atoms with van der Waals surface area (Å²) in [5, 5.41) is 4.16. The number of nitrogens with two attached hydrogens (primary N) is 1. The summed E-state index contributed by atoms with van der Waals surface area (Å²) in [6.07, 6.45) is 3.83. The number of nitrogens with zero attached hydrogens (tertiary/aromatic N) is 4. The Bertz CT molecular complexity index is 1520. The normalized spacial score (nSPS) is 16.6. The van der Waals surface area contributed by atoms with Crippen LogP contribution < -0.4 is 25.7 Å². The fraction of sp³-hybridized carbons (Fsp3) is 0.385. The van der Waals surface area contributed by atoms with E-state index in [4.69, 9.17) is 15.2 Å². The van der Waals surface area contributed by atoms with Crippen LogP contribution in [0.3, 0.4) is 0 Å². The topological polar surface area (TPSA) is 120 Å². The minimum absolute atomic E-state index is 0.0321. The molecule has 3 aromatic rings. The Morgan fingerprint density at radius 1 is 1.05 bits per heavy atom. The zero-order valence-corrected chi connectivity index (χ0v) is 22.2. The lowest BCUT2D eigenvalue weighted by Gasteiger charge is -2.36. The van der Waals surface area contributed by atoms with Crippen molar-refractivity contribution in [1.82, 2.24) is 14.1 Å². The molecule has 1 aliphatic carbocycles. The number of hydrogen-bond acceptors (Lipinski definition) is 8. The molecule has 2 fully saturated rings. The second kappa shape index (κ2) is 10.8. The molecule has 0 unspecified atom stereocenters. The number of sulfonamides is 1. The van der Waals surface area contributed by atoms with Crippen LogP contribution in [0.4, 0.5) is 20.2 Å². The molecule has 0 bridgehead atoms. The van der Waals surface area contributed by atoms with Gasteiger partial charge in [-0.05, 0) is 49.1 Å². The van der Waals surface area contributed by atoms with Crippen LogP contribution in [0.2, 0.25) is 0 Å². The number of rotatable bonds is 8. The first-order chi connectivity index (χ1) is 18.6. The molecule has 1 saturated heterocycles. The van der Waals surface area contributed by atoms with Gasteiger partial charge >= 0.3 is 5.56 Å². The number of benzene rings is 2. The quantitative estimate of drug-likeness (QED) is 0.417. The second-order valence-corrected chi connectivity index (χ2v) is 11.6. The van der Waals surface area contributed by atoms with Gasteiger partial charge in [-0.2, -0.15) is 14.1 Å². The summed E-state index contributed by atoms with van der Waals surface area (Å²) in [7, 11) is -2.17. The Morgan fingerprint density at radius 3 is 2.36 bits per heavy atom. The van der Waals surface area contributed by atoms with E-state index in [9.17, 15) is 22.0 Å². The van der Waals surface area contributed by atoms with Crippen molar-refractivity contribution in [3.8, 4) is 17.2 Å². The van der Waals surface area contributed by atoms with Crippen molar-refractivity contribution >= 4 is 21.4 Å². The van der Waals surface area contributed by atoms with Gasteiger partial charge in [-0.25, -0.2) is 17.2 Å². The third-order valence-corrected chi connectivity index (χ3v) is 8.81. The Balaban J connectivity index is 1.36. The Kier molecular flexibility index (Phi) is 7.45. The first-order valence-corrected chi connectivity index (χ1v) is 14.2. The van der Waals surface area contributed by atoms with Crippen molar-refractivity contribution in [2.75, 3.05) is 43.9 Å². The minimum Gasteiger partial charge on any atom is -0.495 e. The number of hydrogen-bond donors (Lipinski definition) is 1. The number of ether oxygens (including phenoxy) is 2. The van der Waals surface area contributed by atoms with E-state index in [-0.39, 0.29) is 36.4 Å². The Morgan fingerprint density at radius 2 is 1.74 bits per heavy atom. The van der Waals surface area contributed by atoms with Gasteiger partial charge in [-0.3, -0.25) is 4.79 Å². The summed E-state index contributed by atoms with van der Waals surface area (Å²) in [5.41, 5.74) is 6.53. The summed E-state index contributed by atoms with van der Waals surface area (Å²) < 4.78 is 67.5. The molecule has 0 amide bonds. The van der Waals surface area contributed by atoms with Crippen LogP contribution in [0, 0.1) is 11.6 Å². The van der Waals surface area contributed by atoms with E-state index in [1.54, 1.807) is 18.2 Å². The predicted molar refractivity (Wildman–Crippen MR) is 142 cm³/mol. The van der Waals surface area contributed by atoms with E-state index in [0.29, 0.717) is 41.8 Å². The second-order valence-electron chi connectivity index (χ2n) is 9.59. The SMILES string of the molecule is COc1cc(CS(=O)(=O)N2CCN(c3cnn(-c4cc(F)cc(F)c4)c(=O)c3OC3CCC3)CC2)ccc1N. The van der Waals surface area contributed by atoms with Gasteiger partial charge in [-0.1, -0.05) is 6.07 Å². The summed E-state index contributed by atoms with van der Waals surface area (Å²) in [6.45, 7) is 0.973. The smallest absolute Gasteiger partial charge is 0.316 e. The first-order valence-electron chi connectivity index (χ1n) is 12.6. The van der Waals surface area contributed by atoms with Gasteiger partial charge in [-0.15, -0.1) is 0 Å². The van der Waals surface area contributed by atoms with Crippen LogP contribution in [-0.4, -0.2) is 61.9 Å². The van der Waals surface area contributed by atoms with Gasteiger partial charge < -0.3 is 20.1 Å². The van der Waals surface area contributed by atoms with E-state index >= 15 is 0 Å². The summed E-state index contributed by atoms with van der Waals surface area (Å²) >= 11 is 0. The van der Waals surface area contributed by atoms with E-state index in [2.05, 4.69) is 5.10 Å². The van der Waals surface area contributed by atoms with Gasteiger partial charge in [0.1, 0.15) is 23.1 Å². The highest BCUT2D eigenvalue weighted by atomic mass is 32.2. The molecule has 0 atom stereocenters. The number of halogens is 2. The lowest BCUT2D eigenvalue weighted by molar-refractivity contribution is 0.118. The number of aromatic nitrogens is 2. The molecule has 2 N–H and O–H groups in total. The fourth-order valence-corrected chi connectivity index (χ4v) is 6.12. The highest BCUT2D eigenvalue weighted by Gasteiger charge is 2.31. The van der Waals surface area contributed by atoms with Crippen molar-refractivity contribution in [3.63, 3.8) is 0 Å². The number of nitrogen functional groups attached to an aromatic ring is 1. The molecule has 0 spiro atoms. The molecule has 1 aliphatic heterocycles. The van der Waals surface area contributed by atoms with Crippen LogP contribution >= 0.6 is 0 Å². The van der Waals surface area contributed by atoms with Crippen molar-refractivity contribution in [3.05, 3.63) is 70.1 Å². The highest BCUT2D eigenvalue weighted by molar-refractivity contribution is 7.88. The average molecular weight is 562 g/mol. The van der Waals surface area contributed by atoms with Crippen LogP contribution in [-0.2, 0) is 15.8 Å². The lowest BCUT2D eigenvalue weighted by atomic mass is 9.96. The molecule has 10 nitrogen and oxygen atoms in total. The van der Waals surface area contributed by atoms with Gasteiger partial charge in [0, 0.05) is 32.2 Å². The zero-order chi connectivity index (χ0) is 27.7. The van der Waals surface area contributed by atoms with Crippen LogP contribution in [0.1, 0.15) is 24.8 Å². The molecule has 208 valence electrons. The van der Waals surface area contributed by atoms with Gasteiger partial charge in [0.25, 0.3) is 0 Å². The minimum atomic E-state index is -3.64.